The van der Waals surface area contributed by atoms with Crippen LogP contribution in [0, 0.1) is 0 Å². The first-order chi connectivity index (χ1) is 63.9. The highest BCUT2D eigenvalue weighted by molar-refractivity contribution is 6.31. The summed E-state index contributed by atoms with van der Waals surface area (Å²) in [5.41, 5.74) is 27.6. The highest BCUT2D eigenvalue weighted by Gasteiger charge is 2.25. The van der Waals surface area contributed by atoms with E-state index in [9.17, 15) is 0 Å². The van der Waals surface area contributed by atoms with E-state index >= 15 is 0 Å². The van der Waals surface area contributed by atoms with Gasteiger partial charge in [0.25, 0.3) is 0 Å². The maximum Gasteiger partial charge on any atom is 0.145 e. The molecule has 10 heteroatoms. The fraction of sp³-hybridized carbons (Fsp3) is 0. The van der Waals surface area contributed by atoms with E-state index in [1.165, 1.54) is 53.9 Å². The molecule has 0 amide bonds. The second-order valence-corrected chi connectivity index (χ2v) is 32.6. The fourth-order valence-electron chi connectivity index (χ4n) is 18.7. The zero-order valence-corrected chi connectivity index (χ0v) is 69.5. The Morgan fingerprint density at radius 2 is 0.481 bits per heavy atom. The minimum absolute atomic E-state index is 0.859. The molecule has 602 valence electrons. The van der Waals surface area contributed by atoms with Crippen molar-refractivity contribution in [3.8, 4) is 123 Å². The molecule has 10 heterocycles. The Morgan fingerprint density at radius 1 is 0.163 bits per heavy atom. The molecule has 26 rings (SSSR count). The molecule has 0 saturated carbocycles. The number of hydrogen-bond acceptors (Lipinski definition) is 10. The van der Waals surface area contributed by atoms with E-state index in [1.807, 2.05) is 104 Å². The quantitative estimate of drug-likeness (QED) is 0.123. The van der Waals surface area contributed by atoms with Crippen molar-refractivity contribution in [1.82, 2.24) is 34.9 Å². The molecule has 0 bridgehead atoms. The first-order valence-corrected chi connectivity index (χ1v) is 43.2. The average Bonchev–Trinajstić information content (AvgIpc) is 1.59. The summed E-state index contributed by atoms with van der Waals surface area (Å²) >= 11 is 0. The number of rotatable bonds is 11. The predicted octanol–water partition coefficient (Wildman–Crippen LogP) is 31.8. The highest BCUT2D eigenvalue weighted by Crippen LogP contribution is 2.49. The normalized spacial score (nSPS) is 11.6. The summed E-state index contributed by atoms with van der Waals surface area (Å²) in [6, 6.07) is 137. The molecule has 0 aliphatic carbocycles. The molecule has 0 saturated heterocycles. The number of benzene rings is 16. The van der Waals surface area contributed by atoms with E-state index in [4.69, 9.17) is 33.2 Å². The van der Waals surface area contributed by atoms with Crippen LogP contribution in [0.25, 0.3) is 254 Å². The third-order valence-corrected chi connectivity index (χ3v) is 24.9. The Kier molecular flexibility index (Phi) is 18.7. The van der Waals surface area contributed by atoms with Crippen molar-refractivity contribution in [3.63, 3.8) is 0 Å². The monoisotopic (exact) mass is 1650 g/mol. The van der Waals surface area contributed by atoms with Crippen LogP contribution in [0.1, 0.15) is 0 Å². The molecule has 0 aliphatic rings. The first-order valence-electron chi connectivity index (χ1n) is 43.2. The van der Waals surface area contributed by atoms with Crippen LogP contribution >= 0.6 is 0 Å². The summed E-state index contributed by atoms with van der Waals surface area (Å²) in [5, 5.41) is 21.1. The molecule has 0 spiro atoms. The minimum atomic E-state index is 0.859. The summed E-state index contributed by atoms with van der Waals surface area (Å²) in [7, 11) is 0. The Balaban J connectivity index is 0.000000108. The van der Waals surface area contributed by atoms with E-state index in [-0.39, 0.29) is 0 Å². The summed E-state index contributed by atoms with van der Waals surface area (Å²) in [5.74, 6) is 0. The Labute approximate surface area is 740 Å². The van der Waals surface area contributed by atoms with Gasteiger partial charge in [-0.3, -0.25) is 29.9 Å². The second-order valence-electron chi connectivity index (χ2n) is 32.6. The Bertz CT molecular complexity index is 8360. The summed E-state index contributed by atoms with van der Waals surface area (Å²) in [4.78, 5) is 33.3. The number of pyridine rings is 7. The van der Waals surface area contributed by atoms with Crippen LogP contribution in [0.2, 0.25) is 0 Å². The maximum atomic E-state index is 6.65. The van der Waals surface area contributed by atoms with Gasteiger partial charge in [0, 0.05) is 143 Å². The van der Waals surface area contributed by atoms with Crippen LogP contribution in [0.5, 0.6) is 0 Å². The molecule has 10 nitrogen and oxygen atoms in total. The van der Waals surface area contributed by atoms with Gasteiger partial charge in [0.05, 0.1) is 34.2 Å². The SMILES string of the molecule is c1ccc(-c2cc(-c3ccc(-c4cc5ccccc5c5c4oc4ccc6ccccc6c45)nc3)cc(-c3ccccc3)n2)cc1.c1ccc(-c2cccc(-c3ccc(-c4cc5ccccc5c5c4oc4ccc6ccccc6c45)nc3)c2)nc1.c1cncc(-c2cc(-c3cccnc3)cc(-c3ccc(-c4cc5ccccc5c5c4oc4ccc6ccccc6c45)nc3)c2)c1. The molecule has 10 aromatic heterocycles. The van der Waals surface area contributed by atoms with Gasteiger partial charge in [-0.1, -0.05) is 279 Å². The van der Waals surface area contributed by atoms with E-state index in [0.717, 1.165) is 200 Å². The lowest BCUT2D eigenvalue weighted by Gasteiger charge is -2.11. The molecule has 0 N–H and O–H groups in total. The second kappa shape index (κ2) is 32.0. The number of fused-ring (bicyclic) bond motifs is 21. The van der Waals surface area contributed by atoms with Crippen molar-refractivity contribution in [1.29, 1.82) is 0 Å². The van der Waals surface area contributed by atoms with Gasteiger partial charge in [-0.25, -0.2) is 4.98 Å². The van der Waals surface area contributed by atoms with E-state index in [0.29, 0.717) is 0 Å². The van der Waals surface area contributed by atoms with E-state index in [1.54, 1.807) is 12.4 Å². The zero-order valence-electron chi connectivity index (χ0n) is 69.5. The van der Waals surface area contributed by atoms with Crippen molar-refractivity contribution < 1.29 is 13.3 Å². The number of hydrogen-bond donors (Lipinski definition) is 0. The maximum absolute atomic E-state index is 6.65. The summed E-state index contributed by atoms with van der Waals surface area (Å²) in [6.07, 6.45) is 15.1. The molecule has 0 atom stereocenters. The molecule has 0 radical (unpaired) electrons. The van der Waals surface area contributed by atoms with Gasteiger partial charge in [-0.2, -0.15) is 0 Å². The lowest BCUT2D eigenvalue weighted by molar-refractivity contribution is 0.670. The zero-order chi connectivity index (χ0) is 85.2. The smallest absolute Gasteiger partial charge is 0.145 e. The van der Waals surface area contributed by atoms with Crippen LogP contribution in [0.3, 0.4) is 0 Å². The van der Waals surface area contributed by atoms with E-state index < -0.39 is 0 Å². The third kappa shape index (κ3) is 13.8. The van der Waals surface area contributed by atoms with Gasteiger partial charge < -0.3 is 13.3 Å². The molecule has 0 unspecified atom stereocenters. The van der Waals surface area contributed by atoms with Gasteiger partial charge in [0.15, 0.2) is 0 Å². The van der Waals surface area contributed by atoms with Crippen LogP contribution in [-0.2, 0) is 0 Å². The first kappa shape index (κ1) is 75.3. The number of furan rings is 3. The van der Waals surface area contributed by atoms with Crippen LogP contribution in [0.4, 0.5) is 0 Å². The third-order valence-electron chi connectivity index (χ3n) is 24.9. The standard InChI is InChI=1S/C42H26N2O.C41H25N3O.C36H22N2O/c1-3-12-28(13-4-1)37-24-32(25-38(44-37)29-14-5-2-6-15-29)31-19-21-36(43-26-31)35-23-30-16-8-10-18-34(30)41-40-33-17-9-7-11-27(33)20-22-39(40)45-42(35)41;1-3-11-34-26(7-1)14-16-38-39(34)40-35-12-4-2-8-27(35)22-36(41(40)45-38)37-15-13-30(25-44-37)33-20-31(28-9-5-17-42-23-28)19-32(21-33)29-10-6-18-43-24-29;1-3-12-28-23(8-1)16-18-33-34(28)35-29-13-4-2-9-25(29)21-30(36(35)39-33)32-17-15-27(22-38-32)24-10-7-11-26(20-24)31-14-5-6-19-37-31/h1-26H;1-25H;1-22H. The molecular weight excluding hydrogens is 1580 g/mol. The fourth-order valence-corrected chi connectivity index (χ4v) is 18.7. The van der Waals surface area contributed by atoms with Crippen molar-refractivity contribution in [3.05, 3.63) is 444 Å². The van der Waals surface area contributed by atoms with Crippen molar-refractivity contribution in [2.24, 2.45) is 0 Å². The summed E-state index contributed by atoms with van der Waals surface area (Å²) in [6.45, 7) is 0. The largest absolute Gasteiger partial charge is 0.455 e. The molecule has 26 aromatic rings. The lowest BCUT2D eigenvalue weighted by Crippen LogP contribution is -1.92. The predicted molar refractivity (Wildman–Crippen MR) is 531 cm³/mol. The number of nitrogens with zero attached hydrogens (tertiary/aromatic N) is 7. The average molecular weight is 1650 g/mol. The molecule has 16 aromatic carbocycles. The minimum Gasteiger partial charge on any atom is -0.455 e. The Morgan fingerprint density at radius 3 is 0.845 bits per heavy atom. The van der Waals surface area contributed by atoms with Crippen molar-refractivity contribution in [2.75, 3.05) is 0 Å². The van der Waals surface area contributed by atoms with Gasteiger partial charge in [0.2, 0.25) is 0 Å². The lowest BCUT2D eigenvalue weighted by atomic mass is 9.94. The number of aromatic nitrogens is 7. The molecule has 0 fully saturated rings. The molecule has 129 heavy (non-hydrogen) atoms. The van der Waals surface area contributed by atoms with Crippen LogP contribution < -0.4 is 0 Å². The summed E-state index contributed by atoms with van der Waals surface area (Å²) < 4.78 is 19.9. The molecular formula is C119H73N7O3. The van der Waals surface area contributed by atoms with Crippen molar-refractivity contribution >= 4 is 130 Å². The Hall–Kier alpha value is -17.5. The topological polar surface area (TPSA) is 130 Å². The molecule has 0 aliphatic heterocycles. The highest BCUT2D eigenvalue weighted by atomic mass is 16.3. The van der Waals surface area contributed by atoms with E-state index in [2.05, 4.69) is 343 Å². The van der Waals surface area contributed by atoms with Gasteiger partial charge in [0.1, 0.15) is 33.5 Å². The van der Waals surface area contributed by atoms with Gasteiger partial charge >= 0.3 is 0 Å². The van der Waals surface area contributed by atoms with Gasteiger partial charge in [-0.05, 0) is 208 Å². The van der Waals surface area contributed by atoms with Crippen LogP contribution in [-0.4, -0.2) is 34.9 Å². The van der Waals surface area contributed by atoms with Gasteiger partial charge in [-0.15, -0.1) is 0 Å². The van der Waals surface area contributed by atoms with Crippen LogP contribution in [0.15, 0.2) is 457 Å². The van der Waals surface area contributed by atoms with Crippen molar-refractivity contribution in [2.45, 2.75) is 0 Å².